The third-order valence-electron chi connectivity index (χ3n) is 3.90. The molecule has 6 nitrogen and oxygen atoms in total. The third kappa shape index (κ3) is 4.03. The van der Waals surface area contributed by atoms with Crippen molar-refractivity contribution in [1.29, 1.82) is 0 Å². The zero-order chi connectivity index (χ0) is 20.5. The van der Waals surface area contributed by atoms with E-state index in [2.05, 4.69) is 0 Å². The lowest BCUT2D eigenvalue weighted by molar-refractivity contribution is -0.384. The maximum Gasteiger partial charge on any atom is 0.416 e. The summed E-state index contributed by atoms with van der Waals surface area (Å²) in [5, 5.41) is 10.7. The molecule has 0 atom stereocenters. The molecule has 28 heavy (non-hydrogen) atoms. The van der Waals surface area contributed by atoms with Crippen molar-refractivity contribution < 1.29 is 22.8 Å². The number of halogens is 3. The fourth-order valence-corrected chi connectivity index (χ4v) is 2.58. The number of non-ortho nitro benzene ring substituents is 1. The van der Waals surface area contributed by atoms with Crippen molar-refractivity contribution in [1.82, 2.24) is 4.57 Å². The van der Waals surface area contributed by atoms with Crippen molar-refractivity contribution in [3.63, 3.8) is 0 Å². The van der Waals surface area contributed by atoms with Crippen LogP contribution in [0.3, 0.4) is 0 Å². The molecule has 2 aromatic carbocycles. The topological polar surface area (TPSA) is 74.4 Å². The van der Waals surface area contributed by atoms with E-state index in [1.54, 1.807) is 7.05 Å². The molecule has 0 bridgehead atoms. The molecule has 0 saturated carbocycles. The molecular weight excluding hydrogens is 377 g/mol. The Bertz CT molecular complexity index is 1090. The number of alkyl halides is 3. The predicted octanol–water partition coefficient (Wildman–Crippen LogP) is 4.77. The quantitative estimate of drug-likeness (QED) is 0.475. The molecule has 0 spiro atoms. The highest BCUT2D eigenvalue weighted by molar-refractivity contribution is 5.65. The van der Waals surface area contributed by atoms with E-state index in [-0.39, 0.29) is 28.3 Å². The summed E-state index contributed by atoms with van der Waals surface area (Å²) >= 11 is 0. The molecule has 3 aromatic rings. The minimum Gasteiger partial charge on any atom is -0.452 e. The van der Waals surface area contributed by atoms with Crippen LogP contribution in [0.5, 0.6) is 11.5 Å². The van der Waals surface area contributed by atoms with Gasteiger partial charge in [-0.2, -0.15) is 13.2 Å². The number of hydrogen-bond donors (Lipinski definition) is 0. The van der Waals surface area contributed by atoms with Crippen LogP contribution in [-0.4, -0.2) is 9.49 Å². The van der Waals surface area contributed by atoms with Crippen molar-refractivity contribution in [3.05, 3.63) is 86.8 Å². The predicted molar refractivity (Wildman–Crippen MR) is 95.3 cm³/mol. The summed E-state index contributed by atoms with van der Waals surface area (Å²) in [6.45, 7) is 0. The number of aryl methyl sites for hydroxylation is 1. The van der Waals surface area contributed by atoms with E-state index >= 15 is 0 Å². The van der Waals surface area contributed by atoms with E-state index in [4.69, 9.17) is 4.74 Å². The first-order valence-electron chi connectivity index (χ1n) is 7.95. The Morgan fingerprint density at radius 2 is 1.75 bits per heavy atom. The normalized spacial score (nSPS) is 11.3. The number of nitro groups is 1. The zero-order valence-electron chi connectivity index (χ0n) is 14.4. The van der Waals surface area contributed by atoms with Gasteiger partial charge in [-0.15, -0.1) is 0 Å². The van der Waals surface area contributed by atoms with Crippen molar-refractivity contribution in [2.45, 2.75) is 6.18 Å². The summed E-state index contributed by atoms with van der Waals surface area (Å²) in [5.41, 5.74) is -1.47. The standard InChI is InChI=1S/C19H13F3N2O4/c1-23-10-16(12-3-2-4-13(9-12)19(20,21)22)18(25)17(11-23)28-15-7-5-14(6-8-15)24(26)27/h2-11H,1H3. The fraction of sp³-hybridized carbons (Fsp3) is 0.105. The molecule has 0 aliphatic rings. The second-order valence-corrected chi connectivity index (χ2v) is 5.96. The molecule has 0 aliphatic heterocycles. The van der Waals surface area contributed by atoms with Crippen LogP contribution in [0.4, 0.5) is 18.9 Å². The molecule has 0 fully saturated rings. The Balaban J connectivity index is 2.01. The van der Waals surface area contributed by atoms with E-state index in [0.717, 1.165) is 12.1 Å². The summed E-state index contributed by atoms with van der Waals surface area (Å²) in [7, 11) is 1.60. The SMILES string of the molecule is Cn1cc(Oc2ccc([N+](=O)[O-])cc2)c(=O)c(-c2cccc(C(F)(F)F)c2)c1. The molecule has 1 heterocycles. The zero-order valence-corrected chi connectivity index (χ0v) is 14.4. The molecular formula is C19H13F3N2O4. The molecule has 3 rings (SSSR count). The van der Waals surface area contributed by atoms with Gasteiger partial charge in [-0.25, -0.2) is 0 Å². The first-order valence-corrected chi connectivity index (χ1v) is 7.95. The Hall–Kier alpha value is -3.62. The molecule has 0 radical (unpaired) electrons. The van der Waals surface area contributed by atoms with Crippen LogP contribution in [-0.2, 0) is 13.2 Å². The highest BCUT2D eigenvalue weighted by atomic mass is 19.4. The first-order chi connectivity index (χ1) is 13.1. The summed E-state index contributed by atoms with van der Waals surface area (Å²) < 4.78 is 45.9. The monoisotopic (exact) mass is 390 g/mol. The van der Waals surface area contributed by atoms with Crippen molar-refractivity contribution in [2.75, 3.05) is 0 Å². The molecule has 0 unspecified atom stereocenters. The molecule has 1 aromatic heterocycles. The minimum absolute atomic E-state index is 0.0352. The highest BCUT2D eigenvalue weighted by Gasteiger charge is 2.30. The fourth-order valence-electron chi connectivity index (χ4n) is 2.58. The van der Waals surface area contributed by atoms with Crippen LogP contribution >= 0.6 is 0 Å². The van der Waals surface area contributed by atoms with E-state index < -0.39 is 22.1 Å². The lowest BCUT2D eigenvalue weighted by Gasteiger charge is -2.12. The van der Waals surface area contributed by atoms with Gasteiger partial charge in [0, 0.05) is 30.9 Å². The highest BCUT2D eigenvalue weighted by Crippen LogP contribution is 2.32. The molecule has 0 amide bonds. The van der Waals surface area contributed by atoms with Gasteiger partial charge >= 0.3 is 6.18 Å². The van der Waals surface area contributed by atoms with Gasteiger partial charge in [0.1, 0.15) is 5.75 Å². The second kappa shape index (κ2) is 7.18. The Labute approximate surface area is 156 Å². The summed E-state index contributed by atoms with van der Waals surface area (Å²) in [4.78, 5) is 22.9. The van der Waals surface area contributed by atoms with Crippen LogP contribution < -0.4 is 10.2 Å². The third-order valence-corrected chi connectivity index (χ3v) is 3.90. The number of nitrogens with zero attached hydrogens (tertiary/aromatic N) is 2. The number of ether oxygens (including phenoxy) is 1. The van der Waals surface area contributed by atoms with E-state index in [1.807, 2.05) is 0 Å². The number of pyridine rings is 1. The van der Waals surface area contributed by atoms with Gasteiger partial charge in [0.15, 0.2) is 5.75 Å². The largest absolute Gasteiger partial charge is 0.452 e. The maximum absolute atomic E-state index is 13.0. The van der Waals surface area contributed by atoms with Gasteiger partial charge in [-0.3, -0.25) is 14.9 Å². The summed E-state index contributed by atoms with van der Waals surface area (Å²) in [5.74, 6) is 0.0650. The van der Waals surface area contributed by atoms with Gasteiger partial charge in [-0.1, -0.05) is 12.1 Å². The van der Waals surface area contributed by atoms with Crippen LogP contribution in [0.25, 0.3) is 11.1 Å². The van der Waals surface area contributed by atoms with Crippen molar-refractivity contribution >= 4 is 5.69 Å². The van der Waals surface area contributed by atoms with Gasteiger partial charge in [0.05, 0.1) is 16.7 Å². The van der Waals surface area contributed by atoms with Gasteiger partial charge in [-0.05, 0) is 29.8 Å². The molecule has 0 aliphatic carbocycles. The molecule has 9 heteroatoms. The molecule has 144 valence electrons. The number of benzene rings is 2. The first kappa shape index (κ1) is 19.2. The van der Waals surface area contributed by atoms with Crippen LogP contribution in [0.15, 0.2) is 65.7 Å². The van der Waals surface area contributed by atoms with Gasteiger partial charge in [0.2, 0.25) is 5.43 Å². The van der Waals surface area contributed by atoms with E-state index in [9.17, 15) is 28.1 Å². The summed E-state index contributed by atoms with van der Waals surface area (Å²) in [6.07, 6.45) is -1.75. The van der Waals surface area contributed by atoms with Crippen LogP contribution in [0, 0.1) is 10.1 Å². The van der Waals surface area contributed by atoms with Crippen molar-refractivity contribution in [3.8, 4) is 22.6 Å². The number of nitro benzene ring substituents is 1. The van der Waals surface area contributed by atoms with Crippen molar-refractivity contribution in [2.24, 2.45) is 7.05 Å². The maximum atomic E-state index is 13.0. The Kier molecular flexibility index (Phi) is 4.91. The lowest BCUT2D eigenvalue weighted by atomic mass is 10.0. The Morgan fingerprint density at radius 3 is 2.36 bits per heavy atom. The van der Waals surface area contributed by atoms with Crippen LogP contribution in [0.2, 0.25) is 0 Å². The van der Waals surface area contributed by atoms with Gasteiger partial charge in [0.25, 0.3) is 5.69 Å². The lowest BCUT2D eigenvalue weighted by Crippen LogP contribution is -2.12. The average molecular weight is 390 g/mol. The smallest absolute Gasteiger partial charge is 0.416 e. The van der Waals surface area contributed by atoms with E-state index in [0.29, 0.717) is 0 Å². The Morgan fingerprint density at radius 1 is 1.07 bits per heavy atom. The molecule has 0 N–H and O–H groups in total. The van der Waals surface area contributed by atoms with Gasteiger partial charge < -0.3 is 9.30 Å². The summed E-state index contributed by atoms with van der Waals surface area (Å²) in [6, 6.07) is 9.54. The number of aromatic nitrogens is 1. The van der Waals surface area contributed by atoms with E-state index in [1.165, 1.54) is 53.4 Å². The average Bonchev–Trinajstić information content (AvgIpc) is 2.64. The number of hydrogen-bond acceptors (Lipinski definition) is 4. The second-order valence-electron chi connectivity index (χ2n) is 5.96. The number of rotatable bonds is 4. The minimum atomic E-state index is -4.53. The van der Waals surface area contributed by atoms with Crippen LogP contribution in [0.1, 0.15) is 5.56 Å². The molecule has 0 saturated heterocycles.